The van der Waals surface area contributed by atoms with Crippen molar-refractivity contribution >= 4 is 11.7 Å². The second kappa shape index (κ2) is 8.09. The maximum Gasteiger partial charge on any atom is 0.319 e. The molecular formula is C16H16F2N2O3. The summed E-state index contributed by atoms with van der Waals surface area (Å²) in [6, 6.07) is 9.83. The lowest BCUT2D eigenvalue weighted by atomic mass is 10.2. The lowest BCUT2D eigenvalue weighted by Crippen LogP contribution is -2.28. The minimum absolute atomic E-state index is 0.124. The van der Waals surface area contributed by atoms with Gasteiger partial charge in [-0.3, -0.25) is 0 Å². The number of para-hydroxylation sites is 1. The molecule has 5 nitrogen and oxygen atoms in total. The molecule has 0 aliphatic heterocycles. The fraction of sp³-hybridized carbons (Fsp3) is 0.188. The van der Waals surface area contributed by atoms with Crippen LogP contribution in [-0.4, -0.2) is 24.4 Å². The van der Waals surface area contributed by atoms with Gasteiger partial charge in [-0.1, -0.05) is 24.3 Å². The zero-order valence-electron chi connectivity index (χ0n) is 12.2. The number of benzene rings is 2. The molecule has 122 valence electrons. The Labute approximate surface area is 131 Å². The molecule has 0 aromatic heterocycles. The zero-order chi connectivity index (χ0) is 16.7. The van der Waals surface area contributed by atoms with Crippen molar-refractivity contribution < 1.29 is 23.4 Å². The summed E-state index contributed by atoms with van der Waals surface area (Å²) in [6.07, 6.45) is 0. The summed E-state index contributed by atoms with van der Waals surface area (Å²) >= 11 is 0. The Morgan fingerprint density at radius 2 is 1.91 bits per heavy atom. The van der Waals surface area contributed by atoms with E-state index in [9.17, 15) is 13.6 Å². The summed E-state index contributed by atoms with van der Waals surface area (Å²) in [5.74, 6) is -1.63. The van der Waals surface area contributed by atoms with Gasteiger partial charge in [-0.05, 0) is 18.2 Å². The summed E-state index contributed by atoms with van der Waals surface area (Å²) in [5, 5.41) is 13.5. The highest BCUT2D eigenvalue weighted by Crippen LogP contribution is 2.18. The topological polar surface area (TPSA) is 70.6 Å². The summed E-state index contributed by atoms with van der Waals surface area (Å²) in [4.78, 5) is 11.8. The first kappa shape index (κ1) is 16.7. The second-order valence-electron chi connectivity index (χ2n) is 4.59. The van der Waals surface area contributed by atoms with Gasteiger partial charge in [0.1, 0.15) is 12.4 Å². The number of hydrogen-bond donors (Lipinski definition) is 3. The fourth-order valence-corrected chi connectivity index (χ4v) is 1.89. The number of nitrogens with one attached hydrogen (secondary N) is 2. The molecule has 2 rings (SSSR count). The predicted octanol–water partition coefficient (Wildman–Crippen LogP) is 2.66. The van der Waals surface area contributed by atoms with Crippen LogP contribution in [0.25, 0.3) is 0 Å². The van der Waals surface area contributed by atoms with Crippen molar-refractivity contribution in [3.05, 3.63) is 59.7 Å². The summed E-state index contributed by atoms with van der Waals surface area (Å²) < 4.78 is 31.9. The number of rotatable bonds is 6. The molecule has 7 heteroatoms. The van der Waals surface area contributed by atoms with Crippen molar-refractivity contribution in [2.75, 3.05) is 18.5 Å². The van der Waals surface area contributed by atoms with Gasteiger partial charge < -0.3 is 20.5 Å². The van der Waals surface area contributed by atoms with E-state index in [0.717, 1.165) is 6.07 Å². The Hall–Kier alpha value is -2.67. The van der Waals surface area contributed by atoms with Crippen LogP contribution in [0.4, 0.5) is 19.3 Å². The lowest BCUT2D eigenvalue weighted by Gasteiger charge is -2.12. The van der Waals surface area contributed by atoms with Crippen LogP contribution in [0.2, 0.25) is 0 Å². The van der Waals surface area contributed by atoms with E-state index in [0.29, 0.717) is 11.3 Å². The van der Waals surface area contributed by atoms with Gasteiger partial charge in [0.25, 0.3) is 0 Å². The number of amides is 2. The number of ether oxygens (including phenoxy) is 1. The number of carbonyl (C=O) groups is 1. The molecule has 2 amide bonds. The highest BCUT2D eigenvalue weighted by molar-refractivity contribution is 5.89. The van der Waals surface area contributed by atoms with Gasteiger partial charge in [0, 0.05) is 12.1 Å². The average molecular weight is 322 g/mol. The van der Waals surface area contributed by atoms with Gasteiger partial charge in [-0.15, -0.1) is 0 Å². The Morgan fingerprint density at radius 3 is 2.70 bits per heavy atom. The van der Waals surface area contributed by atoms with Crippen LogP contribution in [-0.2, 0) is 6.54 Å². The molecule has 0 atom stereocenters. The van der Waals surface area contributed by atoms with Crippen LogP contribution in [0.1, 0.15) is 5.56 Å². The van der Waals surface area contributed by atoms with E-state index in [1.54, 1.807) is 24.3 Å². The standard InChI is InChI=1S/C16H16F2N2O3/c17-12-5-3-6-13(15(12)18)20-16(22)19-10-11-4-1-2-7-14(11)23-9-8-21/h1-7,21H,8-10H2,(H2,19,20,22). The number of halogens is 2. The first-order chi connectivity index (χ1) is 11.1. The Bertz CT molecular complexity index is 680. The summed E-state index contributed by atoms with van der Waals surface area (Å²) in [7, 11) is 0. The highest BCUT2D eigenvalue weighted by Gasteiger charge is 2.11. The maximum atomic E-state index is 13.5. The largest absolute Gasteiger partial charge is 0.491 e. The molecule has 0 saturated heterocycles. The third kappa shape index (κ3) is 4.65. The molecule has 0 fully saturated rings. The SMILES string of the molecule is O=C(NCc1ccccc1OCCO)Nc1cccc(F)c1F. The van der Waals surface area contributed by atoms with Crippen molar-refractivity contribution in [1.82, 2.24) is 5.32 Å². The smallest absolute Gasteiger partial charge is 0.319 e. The van der Waals surface area contributed by atoms with Crippen LogP contribution < -0.4 is 15.4 Å². The maximum absolute atomic E-state index is 13.5. The third-order valence-corrected chi connectivity index (χ3v) is 2.96. The van der Waals surface area contributed by atoms with Crippen LogP contribution in [0.15, 0.2) is 42.5 Å². The number of anilines is 1. The van der Waals surface area contributed by atoms with Gasteiger partial charge in [0.05, 0.1) is 12.3 Å². The molecule has 23 heavy (non-hydrogen) atoms. The molecule has 0 radical (unpaired) electrons. The van der Waals surface area contributed by atoms with E-state index in [4.69, 9.17) is 9.84 Å². The molecule has 0 spiro atoms. The van der Waals surface area contributed by atoms with Crippen molar-refractivity contribution in [2.45, 2.75) is 6.54 Å². The van der Waals surface area contributed by atoms with Gasteiger partial charge >= 0.3 is 6.03 Å². The van der Waals surface area contributed by atoms with Crippen molar-refractivity contribution in [2.24, 2.45) is 0 Å². The first-order valence-corrected chi connectivity index (χ1v) is 6.92. The van der Waals surface area contributed by atoms with Gasteiger partial charge in [0.2, 0.25) is 0 Å². The third-order valence-electron chi connectivity index (χ3n) is 2.96. The van der Waals surface area contributed by atoms with Gasteiger partial charge in [-0.2, -0.15) is 0 Å². The van der Waals surface area contributed by atoms with E-state index >= 15 is 0 Å². The van der Waals surface area contributed by atoms with Crippen molar-refractivity contribution in [1.29, 1.82) is 0 Å². The van der Waals surface area contributed by atoms with Crippen LogP contribution >= 0.6 is 0 Å². The fourth-order valence-electron chi connectivity index (χ4n) is 1.89. The Morgan fingerprint density at radius 1 is 1.13 bits per heavy atom. The normalized spacial score (nSPS) is 10.2. The van der Waals surface area contributed by atoms with E-state index in [-0.39, 0.29) is 25.4 Å². The zero-order valence-corrected chi connectivity index (χ0v) is 12.2. The monoisotopic (exact) mass is 322 g/mol. The minimum Gasteiger partial charge on any atom is -0.491 e. The number of hydrogen-bond acceptors (Lipinski definition) is 3. The predicted molar refractivity (Wildman–Crippen MR) is 81.2 cm³/mol. The summed E-state index contributed by atoms with van der Waals surface area (Å²) in [5.41, 5.74) is 0.447. The molecule has 0 aliphatic carbocycles. The molecular weight excluding hydrogens is 306 g/mol. The van der Waals surface area contributed by atoms with Crippen LogP contribution in [0, 0.1) is 11.6 Å². The molecule has 3 N–H and O–H groups in total. The van der Waals surface area contributed by atoms with Crippen molar-refractivity contribution in [3.63, 3.8) is 0 Å². The van der Waals surface area contributed by atoms with Crippen LogP contribution in [0.3, 0.4) is 0 Å². The number of carbonyl (C=O) groups excluding carboxylic acids is 1. The molecule has 0 saturated carbocycles. The molecule has 2 aromatic carbocycles. The number of urea groups is 1. The Kier molecular flexibility index (Phi) is 5.87. The van der Waals surface area contributed by atoms with E-state index in [2.05, 4.69) is 10.6 Å². The molecule has 0 aliphatic rings. The number of aliphatic hydroxyl groups excluding tert-OH is 1. The Balaban J connectivity index is 1.95. The number of aliphatic hydroxyl groups is 1. The molecule has 0 bridgehead atoms. The summed E-state index contributed by atoms with van der Waals surface area (Å²) in [6.45, 7) is 0.142. The van der Waals surface area contributed by atoms with Gasteiger partial charge in [0.15, 0.2) is 11.6 Å². The first-order valence-electron chi connectivity index (χ1n) is 6.92. The minimum atomic E-state index is -1.12. The van der Waals surface area contributed by atoms with E-state index in [1.165, 1.54) is 12.1 Å². The lowest BCUT2D eigenvalue weighted by molar-refractivity contribution is 0.200. The van der Waals surface area contributed by atoms with Crippen molar-refractivity contribution in [3.8, 4) is 5.75 Å². The molecule has 0 unspecified atom stereocenters. The van der Waals surface area contributed by atoms with Gasteiger partial charge in [-0.25, -0.2) is 13.6 Å². The second-order valence-corrected chi connectivity index (χ2v) is 4.59. The molecule has 2 aromatic rings. The molecule has 0 heterocycles. The highest BCUT2D eigenvalue weighted by atomic mass is 19.2. The average Bonchev–Trinajstić information content (AvgIpc) is 2.56. The van der Waals surface area contributed by atoms with Crippen LogP contribution in [0.5, 0.6) is 5.75 Å². The quantitative estimate of drug-likeness (QED) is 0.766. The van der Waals surface area contributed by atoms with E-state index in [1.807, 2.05) is 0 Å². The van der Waals surface area contributed by atoms with E-state index < -0.39 is 17.7 Å².